The lowest BCUT2D eigenvalue weighted by Crippen LogP contribution is -2.59. The summed E-state index contributed by atoms with van der Waals surface area (Å²) < 4.78 is 5.50. The van der Waals surface area contributed by atoms with Crippen molar-refractivity contribution in [2.75, 3.05) is 23.7 Å². The molecule has 2 N–H and O–H groups in total. The van der Waals surface area contributed by atoms with E-state index in [-0.39, 0.29) is 24.1 Å². The van der Waals surface area contributed by atoms with E-state index in [1.165, 1.54) is 11.3 Å². The van der Waals surface area contributed by atoms with Crippen molar-refractivity contribution >= 4 is 39.5 Å². The lowest BCUT2D eigenvalue weighted by atomic mass is 10.1. The minimum atomic E-state index is -0.505. The first-order valence-electron chi connectivity index (χ1n) is 8.28. The van der Waals surface area contributed by atoms with E-state index in [1.54, 1.807) is 10.4 Å². The van der Waals surface area contributed by atoms with Gasteiger partial charge < -0.3 is 20.3 Å². The van der Waals surface area contributed by atoms with Crippen molar-refractivity contribution in [1.82, 2.24) is 19.9 Å². The second kappa shape index (κ2) is 6.29. The molecular formula is C16H24N6O2S. The first kappa shape index (κ1) is 17.7. The molecule has 0 spiro atoms. The second-order valence-corrected chi connectivity index (χ2v) is 8.24. The highest BCUT2D eigenvalue weighted by Gasteiger charge is 2.35. The third kappa shape index (κ3) is 3.60. The lowest BCUT2D eigenvalue weighted by Gasteiger charge is -2.45. The van der Waals surface area contributed by atoms with Gasteiger partial charge in [-0.3, -0.25) is 0 Å². The first-order valence-corrected chi connectivity index (χ1v) is 9.16. The summed E-state index contributed by atoms with van der Waals surface area (Å²) in [5, 5.41) is 0. The molecule has 136 valence electrons. The van der Waals surface area contributed by atoms with Gasteiger partial charge in [-0.15, -0.1) is 11.3 Å². The molecule has 0 aliphatic carbocycles. The number of nitrogens with two attached hydrogens (primary N) is 1. The van der Waals surface area contributed by atoms with Crippen LogP contribution in [0.1, 0.15) is 34.6 Å². The van der Waals surface area contributed by atoms with E-state index in [4.69, 9.17) is 10.5 Å². The van der Waals surface area contributed by atoms with Gasteiger partial charge in [0, 0.05) is 25.2 Å². The fourth-order valence-corrected chi connectivity index (χ4v) is 3.82. The van der Waals surface area contributed by atoms with Crippen molar-refractivity contribution in [2.45, 2.75) is 52.3 Å². The van der Waals surface area contributed by atoms with Gasteiger partial charge in [-0.05, 0) is 34.6 Å². The van der Waals surface area contributed by atoms with Crippen LogP contribution in [0.5, 0.6) is 0 Å². The van der Waals surface area contributed by atoms with Crippen LogP contribution in [0.2, 0.25) is 0 Å². The number of rotatable bonds is 1. The molecule has 1 aliphatic rings. The molecule has 0 radical (unpaired) electrons. The summed E-state index contributed by atoms with van der Waals surface area (Å²) in [7, 11) is 0. The molecule has 1 fully saturated rings. The molecule has 3 rings (SSSR count). The number of carbonyl (C=O) groups is 1. The van der Waals surface area contributed by atoms with Gasteiger partial charge in [0.15, 0.2) is 10.6 Å². The van der Waals surface area contributed by atoms with Crippen LogP contribution in [0.3, 0.4) is 0 Å². The highest BCUT2D eigenvalue weighted by molar-refractivity contribution is 7.16. The number of aromatic nitrogens is 3. The maximum Gasteiger partial charge on any atom is 0.410 e. The zero-order chi connectivity index (χ0) is 18.4. The van der Waals surface area contributed by atoms with Crippen LogP contribution in [0, 0.1) is 0 Å². The number of anilines is 2. The van der Waals surface area contributed by atoms with Crippen LogP contribution >= 0.6 is 11.3 Å². The molecule has 1 aliphatic heterocycles. The van der Waals surface area contributed by atoms with Gasteiger partial charge in [-0.25, -0.2) is 14.8 Å². The molecule has 8 nitrogen and oxygen atoms in total. The predicted molar refractivity (Wildman–Crippen MR) is 98.8 cm³/mol. The predicted octanol–water partition coefficient (Wildman–Crippen LogP) is 2.50. The van der Waals surface area contributed by atoms with Gasteiger partial charge in [-0.2, -0.15) is 4.98 Å². The smallest absolute Gasteiger partial charge is 0.410 e. The number of hydrogen-bond donors (Lipinski definition) is 1. The van der Waals surface area contributed by atoms with E-state index in [1.807, 2.05) is 20.8 Å². The molecule has 1 amide bonds. The molecule has 0 aromatic carbocycles. The topological polar surface area (TPSA) is 97.5 Å². The molecule has 25 heavy (non-hydrogen) atoms. The van der Waals surface area contributed by atoms with Crippen LogP contribution in [-0.4, -0.2) is 56.7 Å². The van der Waals surface area contributed by atoms with E-state index < -0.39 is 5.60 Å². The van der Waals surface area contributed by atoms with Gasteiger partial charge in [0.25, 0.3) is 0 Å². The van der Waals surface area contributed by atoms with Gasteiger partial charge >= 0.3 is 6.09 Å². The number of thiazole rings is 1. The molecule has 1 saturated heterocycles. The second-order valence-electron chi connectivity index (χ2n) is 7.40. The third-order valence-electron chi connectivity index (χ3n) is 4.01. The fourth-order valence-electron chi connectivity index (χ4n) is 3.16. The average molecular weight is 364 g/mol. The van der Waals surface area contributed by atoms with Crippen LogP contribution in [0.4, 0.5) is 16.6 Å². The van der Waals surface area contributed by atoms with Crippen LogP contribution < -0.4 is 10.6 Å². The molecule has 0 unspecified atom stereocenters. The molecule has 2 aromatic rings. The van der Waals surface area contributed by atoms with Gasteiger partial charge in [-0.1, -0.05) is 0 Å². The highest BCUT2D eigenvalue weighted by atomic mass is 32.1. The quantitative estimate of drug-likeness (QED) is 0.830. The van der Waals surface area contributed by atoms with E-state index >= 15 is 0 Å². The molecular weight excluding hydrogens is 340 g/mol. The maximum atomic E-state index is 12.4. The number of nitrogens with zero attached hydrogens (tertiary/aromatic N) is 5. The Morgan fingerprint density at radius 2 is 1.92 bits per heavy atom. The van der Waals surface area contributed by atoms with Crippen LogP contribution in [0.25, 0.3) is 10.3 Å². The fraction of sp³-hybridized carbons (Fsp3) is 0.625. The Labute approximate surface area is 151 Å². The van der Waals surface area contributed by atoms with E-state index in [9.17, 15) is 4.79 Å². The van der Waals surface area contributed by atoms with Crippen molar-refractivity contribution in [1.29, 1.82) is 0 Å². The highest BCUT2D eigenvalue weighted by Crippen LogP contribution is 2.31. The minimum Gasteiger partial charge on any atom is -0.444 e. The molecule has 9 heteroatoms. The van der Waals surface area contributed by atoms with Crippen LogP contribution in [-0.2, 0) is 4.74 Å². The van der Waals surface area contributed by atoms with Gasteiger partial charge in [0.1, 0.15) is 11.1 Å². The number of hydrogen-bond acceptors (Lipinski definition) is 8. The van der Waals surface area contributed by atoms with Gasteiger partial charge in [0.05, 0.1) is 5.51 Å². The van der Waals surface area contributed by atoms with E-state index in [2.05, 4.69) is 33.7 Å². The number of piperazine rings is 1. The molecule has 0 bridgehead atoms. The number of fused-ring (bicyclic) bond motifs is 1. The number of nitrogen functional groups attached to an aromatic ring is 1. The van der Waals surface area contributed by atoms with Crippen LogP contribution in [0.15, 0.2) is 5.51 Å². The Balaban J connectivity index is 1.86. The normalized spacial score (nSPS) is 21.6. The maximum absolute atomic E-state index is 12.4. The van der Waals surface area contributed by atoms with Crippen molar-refractivity contribution in [3.63, 3.8) is 0 Å². The molecule has 0 saturated carbocycles. The minimum absolute atomic E-state index is 0.0514. The summed E-state index contributed by atoms with van der Waals surface area (Å²) in [5.74, 6) is 0.966. The Hall–Kier alpha value is -2.16. The number of amides is 1. The summed E-state index contributed by atoms with van der Waals surface area (Å²) in [6, 6.07) is 0.103. The van der Waals surface area contributed by atoms with Crippen molar-refractivity contribution in [3.8, 4) is 0 Å². The van der Waals surface area contributed by atoms with Crippen molar-refractivity contribution < 1.29 is 9.53 Å². The summed E-state index contributed by atoms with van der Waals surface area (Å²) in [4.78, 5) is 30.2. The summed E-state index contributed by atoms with van der Waals surface area (Å²) >= 11 is 1.44. The van der Waals surface area contributed by atoms with Gasteiger partial charge in [0.2, 0.25) is 5.95 Å². The van der Waals surface area contributed by atoms with Crippen molar-refractivity contribution in [2.24, 2.45) is 0 Å². The summed E-state index contributed by atoms with van der Waals surface area (Å²) in [5.41, 5.74) is 7.86. The summed E-state index contributed by atoms with van der Waals surface area (Å²) in [6.07, 6.45) is -0.285. The Morgan fingerprint density at radius 1 is 1.28 bits per heavy atom. The largest absolute Gasteiger partial charge is 0.444 e. The monoisotopic (exact) mass is 364 g/mol. The van der Waals surface area contributed by atoms with Crippen molar-refractivity contribution in [3.05, 3.63) is 5.51 Å². The molecule has 3 heterocycles. The lowest BCUT2D eigenvalue weighted by molar-refractivity contribution is 0.0192. The molecule has 2 aromatic heterocycles. The molecule has 2 atom stereocenters. The Kier molecular flexibility index (Phi) is 4.44. The average Bonchev–Trinajstić information content (AvgIpc) is 2.92. The number of carbonyl (C=O) groups excluding carboxylic acids is 1. The Bertz CT molecular complexity index is 775. The summed E-state index contributed by atoms with van der Waals surface area (Å²) in [6.45, 7) is 10.8. The first-order chi connectivity index (χ1) is 11.7. The van der Waals surface area contributed by atoms with E-state index in [0.717, 1.165) is 16.2 Å². The zero-order valence-electron chi connectivity index (χ0n) is 15.2. The standard InChI is InChI=1S/C16H24N6O2S/c1-9-6-21(15(23)24-16(3,4)5)7-10(2)22(9)12-11-13(25-8-18-11)20-14(17)19-12/h8-10H,6-7H2,1-5H3,(H2,17,19,20)/t9-,10+. The van der Waals surface area contributed by atoms with E-state index in [0.29, 0.717) is 13.1 Å². The number of ether oxygens (including phenoxy) is 1. The zero-order valence-corrected chi connectivity index (χ0v) is 16.0. The SMILES string of the molecule is C[C@@H]1CN(C(=O)OC(C)(C)C)C[C@H](C)N1c1nc(N)nc2scnc12. The Morgan fingerprint density at radius 3 is 2.52 bits per heavy atom. The third-order valence-corrected chi connectivity index (χ3v) is 4.73.